The normalized spacial score (nSPS) is 12.1. The van der Waals surface area contributed by atoms with Gasteiger partial charge in [0.25, 0.3) is 5.91 Å². The van der Waals surface area contributed by atoms with Crippen LogP contribution in [0.5, 0.6) is 0 Å². The first-order valence-corrected chi connectivity index (χ1v) is 7.63. The molecule has 3 rings (SSSR count). The van der Waals surface area contributed by atoms with E-state index in [0.29, 0.717) is 17.9 Å². The quantitative estimate of drug-likeness (QED) is 0.756. The number of carbonyl (C=O) groups is 1. The van der Waals surface area contributed by atoms with Gasteiger partial charge in [-0.15, -0.1) is 0 Å². The number of carbonyl (C=O) groups excluding carboxylic acids is 1. The number of hydrogen-bond donors (Lipinski definition) is 1. The van der Waals surface area contributed by atoms with Gasteiger partial charge in [-0.1, -0.05) is 6.07 Å². The third-order valence-corrected chi connectivity index (χ3v) is 3.62. The molecule has 6 heteroatoms. The van der Waals surface area contributed by atoms with Crippen LogP contribution < -0.4 is 5.32 Å². The van der Waals surface area contributed by atoms with Crippen molar-refractivity contribution < 1.29 is 13.9 Å². The maximum atomic E-state index is 12.6. The number of amides is 1. The van der Waals surface area contributed by atoms with E-state index in [0.717, 1.165) is 11.4 Å². The van der Waals surface area contributed by atoms with Gasteiger partial charge in [0, 0.05) is 25.1 Å². The zero-order valence-electron chi connectivity index (χ0n) is 13.6. The van der Waals surface area contributed by atoms with Crippen molar-refractivity contribution in [1.82, 2.24) is 15.1 Å². The second kappa shape index (κ2) is 7.14. The van der Waals surface area contributed by atoms with Crippen LogP contribution in [-0.4, -0.2) is 29.4 Å². The van der Waals surface area contributed by atoms with Crippen molar-refractivity contribution >= 4 is 5.91 Å². The fraction of sp³-hybridized carbons (Fsp3) is 0.222. The Balaban J connectivity index is 1.79. The van der Waals surface area contributed by atoms with Crippen LogP contribution in [0.1, 0.15) is 27.9 Å². The maximum absolute atomic E-state index is 12.6. The van der Waals surface area contributed by atoms with Crippen LogP contribution in [0.3, 0.4) is 0 Å². The second-order valence-electron chi connectivity index (χ2n) is 5.43. The average Bonchev–Trinajstić information content (AvgIpc) is 3.26. The van der Waals surface area contributed by atoms with E-state index in [4.69, 9.17) is 9.15 Å². The number of methoxy groups -OCH3 is 1. The van der Waals surface area contributed by atoms with E-state index in [1.807, 2.05) is 43.5 Å². The van der Waals surface area contributed by atoms with Crippen LogP contribution in [0.4, 0.5) is 0 Å². The van der Waals surface area contributed by atoms with Gasteiger partial charge in [0.2, 0.25) is 0 Å². The topological polar surface area (TPSA) is 69.3 Å². The van der Waals surface area contributed by atoms with Gasteiger partial charge in [-0.25, -0.2) is 4.68 Å². The lowest BCUT2D eigenvalue weighted by Crippen LogP contribution is -2.31. The number of rotatable bonds is 6. The summed E-state index contributed by atoms with van der Waals surface area (Å²) in [6.07, 6.45) is 3.52. The Hall–Kier alpha value is -2.86. The predicted octanol–water partition coefficient (Wildman–Crippen LogP) is 2.89. The molecule has 1 N–H and O–H groups in total. The lowest BCUT2D eigenvalue weighted by atomic mass is 10.1. The highest BCUT2D eigenvalue weighted by atomic mass is 16.5. The van der Waals surface area contributed by atoms with E-state index >= 15 is 0 Å². The minimum Gasteiger partial charge on any atom is -0.464 e. The molecule has 0 aliphatic carbocycles. The summed E-state index contributed by atoms with van der Waals surface area (Å²) in [6, 6.07) is 12.5. The van der Waals surface area contributed by atoms with Crippen LogP contribution in [0.2, 0.25) is 0 Å². The van der Waals surface area contributed by atoms with Crippen molar-refractivity contribution in [3.05, 3.63) is 71.9 Å². The van der Waals surface area contributed by atoms with Crippen molar-refractivity contribution in [2.24, 2.45) is 0 Å². The van der Waals surface area contributed by atoms with Crippen LogP contribution in [0, 0.1) is 6.92 Å². The van der Waals surface area contributed by atoms with Crippen molar-refractivity contribution in [2.75, 3.05) is 13.7 Å². The molecule has 0 bridgehead atoms. The minimum atomic E-state index is -0.343. The molecule has 1 unspecified atom stereocenters. The Morgan fingerprint density at radius 1 is 1.33 bits per heavy atom. The Kier molecular flexibility index (Phi) is 4.77. The first kappa shape index (κ1) is 16.0. The molecule has 2 aromatic heterocycles. The lowest BCUT2D eigenvalue weighted by Gasteiger charge is -2.16. The smallest absolute Gasteiger partial charge is 0.252 e. The van der Waals surface area contributed by atoms with E-state index in [1.54, 1.807) is 30.1 Å². The summed E-state index contributed by atoms with van der Waals surface area (Å²) in [6.45, 7) is 2.19. The highest BCUT2D eigenvalue weighted by molar-refractivity contribution is 5.95. The predicted molar refractivity (Wildman–Crippen MR) is 89.1 cm³/mol. The van der Waals surface area contributed by atoms with Crippen molar-refractivity contribution in [2.45, 2.75) is 13.0 Å². The summed E-state index contributed by atoms with van der Waals surface area (Å²) >= 11 is 0. The lowest BCUT2D eigenvalue weighted by molar-refractivity contribution is 0.0882. The molecule has 1 amide bonds. The van der Waals surface area contributed by atoms with Gasteiger partial charge in [-0.3, -0.25) is 4.79 Å². The molecule has 0 fully saturated rings. The Labute approximate surface area is 140 Å². The number of ether oxygens (including phenoxy) is 1. The molecule has 1 atom stereocenters. The standard InChI is InChI=1S/C18H19N3O3/c1-13-7-8-17(24-13)16(12-23-2)20-18(22)14-5-3-6-15(11-14)21-10-4-9-19-21/h3-11,16H,12H2,1-2H3,(H,20,22). The summed E-state index contributed by atoms with van der Waals surface area (Å²) < 4.78 is 12.5. The SMILES string of the molecule is COCC(NC(=O)c1cccc(-n2cccn2)c1)c1ccc(C)o1. The van der Waals surface area contributed by atoms with Crippen LogP contribution in [-0.2, 0) is 4.74 Å². The molecule has 2 heterocycles. The van der Waals surface area contributed by atoms with Gasteiger partial charge in [-0.2, -0.15) is 5.10 Å². The molecule has 24 heavy (non-hydrogen) atoms. The number of nitrogens with one attached hydrogen (secondary N) is 1. The first-order chi connectivity index (χ1) is 11.7. The van der Waals surface area contributed by atoms with Gasteiger partial charge >= 0.3 is 0 Å². The van der Waals surface area contributed by atoms with E-state index in [1.165, 1.54) is 0 Å². The van der Waals surface area contributed by atoms with Gasteiger partial charge in [0.05, 0.1) is 12.3 Å². The Bertz CT molecular complexity index is 809. The van der Waals surface area contributed by atoms with E-state index in [-0.39, 0.29) is 11.9 Å². The third kappa shape index (κ3) is 3.55. The van der Waals surface area contributed by atoms with Crippen molar-refractivity contribution in [1.29, 1.82) is 0 Å². The maximum Gasteiger partial charge on any atom is 0.252 e. The molecule has 0 aliphatic rings. The van der Waals surface area contributed by atoms with Gasteiger partial charge in [-0.05, 0) is 43.3 Å². The molecule has 3 aromatic rings. The highest BCUT2D eigenvalue weighted by Crippen LogP contribution is 2.18. The molecular formula is C18H19N3O3. The molecule has 0 aliphatic heterocycles. The molecule has 0 saturated heterocycles. The largest absolute Gasteiger partial charge is 0.464 e. The van der Waals surface area contributed by atoms with E-state index in [2.05, 4.69) is 10.4 Å². The molecule has 0 spiro atoms. The third-order valence-electron chi connectivity index (χ3n) is 3.62. The van der Waals surface area contributed by atoms with E-state index in [9.17, 15) is 4.79 Å². The van der Waals surface area contributed by atoms with Gasteiger partial charge in [0.1, 0.15) is 17.6 Å². The number of benzene rings is 1. The summed E-state index contributed by atoms with van der Waals surface area (Å²) in [5.74, 6) is 1.27. The number of furan rings is 1. The minimum absolute atomic E-state index is 0.194. The average molecular weight is 325 g/mol. The Morgan fingerprint density at radius 2 is 2.21 bits per heavy atom. The van der Waals surface area contributed by atoms with E-state index < -0.39 is 0 Å². The van der Waals surface area contributed by atoms with Crippen LogP contribution >= 0.6 is 0 Å². The van der Waals surface area contributed by atoms with Gasteiger partial charge in [0.15, 0.2) is 0 Å². The van der Waals surface area contributed by atoms with Crippen molar-refractivity contribution in [3.8, 4) is 5.69 Å². The summed E-state index contributed by atoms with van der Waals surface area (Å²) in [5, 5.41) is 7.13. The van der Waals surface area contributed by atoms with Crippen LogP contribution in [0.15, 0.2) is 59.3 Å². The van der Waals surface area contributed by atoms with Crippen LogP contribution in [0.25, 0.3) is 5.69 Å². The molecular weight excluding hydrogens is 306 g/mol. The summed E-state index contributed by atoms with van der Waals surface area (Å²) in [4.78, 5) is 12.6. The zero-order valence-corrected chi connectivity index (χ0v) is 13.6. The Morgan fingerprint density at radius 3 is 2.88 bits per heavy atom. The number of aryl methyl sites for hydroxylation is 1. The first-order valence-electron chi connectivity index (χ1n) is 7.63. The summed E-state index contributed by atoms with van der Waals surface area (Å²) in [5.41, 5.74) is 1.37. The van der Waals surface area contributed by atoms with Gasteiger partial charge < -0.3 is 14.5 Å². The number of hydrogen-bond acceptors (Lipinski definition) is 4. The molecule has 1 aromatic carbocycles. The number of nitrogens with zero attached hydrogens (tertiary/aromatic N) is 2. The molecule has 0 saturated carbocycles. The molecule has 6 nitrogen and oxygen atoms in total. The number of aromatic nitrogens is 2. The fourth-order valence-electron chi connectivity index (χ4n) is 2.46. The molecule has 0 radical (unpaired) electrons. The zero-order chi connectivity index (χ0) is 16.9. The highest BCUT2D eigenvalue weighted by Gasteiger charge is 2.19. The molecule has 124 valence electrons. The second-order valence-corrected chi connectivity index (χ2v) is 5.43. The van der Waals surface area contributed by atoms with Crippen molar-refractivity contribution in [3.63, 3.8) is 0 Å². The fourth-order valence-corrected chi connectivity index (χ4v) is 2.46. The summed E-state index contributed by atoms with van der Waals surface area (Å²) in [7, 11) is 1.59. The monoisotopic (exact) mass is 325 g/mol.